The second kappa shape index (κ2) is 30.0. The summed E-state index contributed by atoms with van der Waals surface area (Å²) in [5, 5.41) is 35.7. The molecule has 1 aliphatic heterocycles. The van der Waals surface area contributed by atoms with Crippen LogP contribution in [0.4, 0.5) is 0 Å². The van der Waals surface area contributed by atoms with Gasteiger partial charge in [-0.1, -0.05) is 129 Å². The molecule has 1 amide bonds. The van der Waals surface area contributed by atoms with E-state index in [1.807, 2.05) is 0 Å². The number of ether oxygens (including phenoxy) is 1. The van der Waals surface area contributed by atoms with Crippen molar-refractivity contribution in [2.75, 3.05) is 39.4 Å². The molecule has 6 rings (SSSR count). The summed E-state index contributed by atoms with van der Waals surface area (Å²) in [7, 11) is -3.87. The Morgan fingerprint density at radius 3 is 2.23 bits per heavy atom. The Morgan fingerprint density at radius 1 is 0.892 bits per heavy atom. The predicted molar refractivity (Wildman–Crippen MR) is 291 cm³/mol. The Morgan fingerprint density at radius 2 is 1.55 bits per heavy atom. The van der Waals surface area contributed by atoms with Crippen molar-refractivity contribution in [3.05, 3.63) is 43.0 Å². The van der Waals surface area contributed by atoms with Crippen molar-refractivity contribution in [1.82, 2.24) is 25.3 Å². The molecule has 422 valence electrons. The van der Waals surface area contributed by atoms with E-state index in [4.69, 9.17) is 13.8 Å². The molecule has 0 bridgehead atoms. The molecule has 4 aliphatic carbocycles. The molecule has 0 radical (unpaired) electrons. The van der Waals surface area contributed by atoms with Crippen LogP contribution in [0.5, 0.6) is 0 Å². The minimum absolute atomic E-state index is 0.0165. The van der Waals surface area contributed by atoms with Gasteiger partial charge >= 0.3 is 13.4 Å². The SMILES string of the molecule is CCCCCCCCCCCCCCCCCCOP(=O)(NCCNCCNC(=O)CCC(C)[C@H]1CC[C@H]2[C@@H]3CC[C@@H]4C[C@H](O)CC[C@]4(C)[C@H]3C[C@H](O)[C@]12C)OC[C@H]1O[C@@H](n2cc(C)c(=O)[nH]c2=O)CC1N=[N+]=[N-]. The number of unbranched alkanes of at least 4 members (excludes halogenated alkanes) is 15. The number of hydrogen-bond donors (Lipinski definition) is 6. The third kappa shape index (κ3) is 16.5. The first kappa shape index (κ1) is 60.6. The minimum Gasteiger partial charge on any atom is -0.393 e. The number of aliphatic hydroxyl groups is 2. The number of carbonyl (C=O) groups excluding carboxylic acids is 1. The van der Waals surface area contributed by atoms with Crippen LogP contribution in [0.1, 0.15) is 213 Å². The van der Waals surface area contributed by atoms with Crippen LogP contribution in [0.15, 0.2) is 20.9 Å². The molecule has 18 heteroatoms. The highest BCUT2D eigenvalue weighted by atomic mass is 31.2. The summed E-state index contributed by atoms with van der Waals surface area (Å²) < 4.78 is 33.5. The van der Waals surface area contributed by atoms with Crippen LogP contribution >= 0.6 is 7.75 Å². The Balaban J connectivity index is 0.897. The molecule has 1 saturated heterocycles. The summed E-state index contributed by atoms with van der Waals surface area (Å²) in [5.41, 5.74) is 8.59. The molecule has 14 atom stereocenters. The Kier molecular flexibility index (Phi) is 24.5. The standard InChI is InChI=1S/C56H99N8O9P/c1-6-7-8-9-10-11-12-13-14-15-16-17-18-19-20-21-34-71-74(70,72-39-49-48(62-63-57)37-52(73-49)64-38-41(3)53(68)61-54(64)69)60-33-31-58-30-32-59-51(67)27-22-40(2)45-25-26-46-44-24-23-42-35-43(65)28-29-55(42,4)47(44)36-50(66)56(45,46)5/h38,40,42-50,52,58,65-66H,6-37,39H2,1-5H3,(H,59,67)(H,60,70)(H,61,68,69)/t40?,42-,43-,44+,45-,46+,47+,48?,49-,50+,52-,55+,56-,74?/m1/s1. The molecule has 3 unspecified atom stereocenters. The average molecular weight is 1060 g/mol. The lowest BCUT2D eigenvalue weighted by Gasteiger charge is -2.62. The van der Waals surface area contributed by atoms with E-state index < -0.39 is 37.4 Å². The van der Waals surface area contributed by atoms with Crippen molar-refractivity contribution in [2.45, 2.75) is 239 Å². The van der Waals surface area contributed by atoms with Gasteiger partial charge in [0.2, 0.25) is 5.91 Å². The lowest BCUT2D eigenvalue weighted by molar-refractivity contribution is -0.174. The monoisotopic (exact) mass is 1060 g/mol. The molecule has 0 spiro atoms. The maximum atomic E-state index is 14.2. The fourth-order valence-corrected chi connectivity index (χ4v) is 16.0. The zero-order valence-electron chi connectivity index (χ0n) is 46.3. The molecule has 5 aliphatic rings. The lowest BCUT2D eigenvalue weighted by Crippen LogP contribution is -2.58. The van der Waals surface area contributed by atoms with E-state index in [0.717, 1.165) is 70.6 Å². The largest absolute Gasteiger partial charge is 0.405 e. The fourth-order valence-electron chi connectivity index (χ4n) is 14.7. The van der Waals surface area contributed by atoms with Crippen LogP contribution in [-0.4, -0.2) is 89.4 Å². The van der Waals surface area contributed by atoms with Crippen molar-refractivity contribution in [3.8, 4) is 0 Å². The lowest BCUT2D eigenvalue weighted by atomic mass is 9.43. The number of aromatic amines is 1. The zero-order chi connectivity index (χ0) is 53.1. The number of H-pyrrole nitrogens is 1. The molecular weight excluding hydrogens is 960 g/mol. The normalized spacial score (nSPS) is 31.7. The topological polar surface area (TPSA) is 242 Å². The van der Waals surface area contributed by atoms with Crippen LogP contribution in [-0.2, 0) is 23.1 Å². The molecule has 6 N–H and O–H groups in total. The molecule has 4 saturated carbocycles. The molecule has 17 nitrogen and oxygen atoms in total. The number of amides is 1. The van der Waals surface area contributed by atoms with Crippen LogP contribution < -0.4 is 27.0 Å². The number of azide groups is 1. The molecule has 2 heterocycles. The highest BCUT2D eigenvalue weighted by Gasteiger charge is 2.63. The van der Waals surface area contributed by atoms with Crippen LogP contribution in [0.2, 0.25) is 0 Å². The first-order valence-corrected chi connectivity index (χ1v) is 31.2. The van der Waals surface area contributed by atoms with Crippen LogP contribution in [0.25, 0.3) is 10.4 Å². The van der Waals surface area contributed by atoms with Gasteiger partial charge in [-0.25, -0.2) is 14.4 Å². The van der Waals surface area contributed by atoms with Gasteiger partial charge in [-0.15, -0.1) is 0 Å². The van der Waals surface area contributed by atoms with Crippen molar-refractivity contribution >= 4 is 13.7 Å². The number of hydrogen-bond acceptors (Lipinski definition) is 11. The molecule has 0 aromatic carbocycles. The number of fused-ring (bicyclic) bond motifs is 5. The number of rotatable bonds is 34. The smallest absolute Gasteiger partial charge is 0.393 e. The third-order valence-corrected chi connectivity index (χ3v) is 20.7. The number of nitrogens with zero attached hydrogens (tertiary/aromatic N) is 4. The zero-order valence-corrected chi connectivity index (χ0v) is 47.1. The van der Waals surface area contributed by atoms with Gasteiger partial charge in [0.05, 0.1) is 37.6 Å². The van der Waals surface area contributed by atoms with E-state index in [0.29, 0.717) is 67.1 Å². The van der Waals surface area contributed by atoms with Gasteiger partial charge < -0.3 is 25.6 Å². The van der Waals surface area contributed by atoms with Gasteiger partial charge in [0.25, 0.3) is 5.56 Å². The Bertz CT molecular complexity index is 2090. The number of nitrogens with one attached hydrogen (secondary N) is 4. The highest BCUT2D eigenvalue weighted by Crippen LogP contribution is 2.68. The summed E-state index contributed by atoms with van der Waals surface area (Å²) in [6.07, 6.45) is 28.9. The summed E-state index contributed by atoms with van der Waals surface area (Å²) in [4.78, 5) is 43.1. The van der Waals surface area contributed by atoms with E-state index in [1.54, 1.807) is 6.92 Å². The fraction of sp³-hybridized carbons (Fsp3) is 0.911. The van der Waals surface area contributed by atoms with Crippen molar-refractivity contribution in [1.29, 1.82) is 0 Å². The molecule has 1 aromatic rings. The van der Waals surface area contributed by atoms with Gasteiger partial charge in [0.15, 0.2) is 0 Å². The summed E-state index contributed by atoms with van der Waals surface area (Å²) in [6, 6.07) is -0.725. The maximum Gasteiger partial charge on any atom is 0.405 e. The summed E-state index contributed by atoms with van der Waals surface area (Å²) in [6.45, 7) is 12.6. The minimum atomic E-state index is -3.87. The highest BCUT2D eigenvalue weighted by molar-refractivity contribution is 7.51. The van der Waals surface area contributed by atoms with E-state index in [9.17, 15) is 34.7 Å². The van der Waals surface area contributed by atoms with Crippen molar-refractivity contribution in [2.24, 2.45) is 51.5 Å². The number of aromatic nitrogens is 2. The van der Waals surface area contributed by atoms with Gasteiger partial charge in [-0.05, 0) is 123 Å². The van der Waals surface area contributed by atoms with E-state index >= 15 is 0 Å². The molecule has 5 fully saturated rings. The third-order valence-electron chi connectivity index (χ3n) is 19.1. The number of carbonyl (C=O) groups is 1. The molecular formula is C56H99N8O9P. The van der Waals surface area contributed by atoms with E-state index in [2.05, 4.69) is 58.4 Å². The first-order valence-electron chi connectivity index (χ1n) is 29.6. The Labute approximate surface area is 443 Å². The first-order chi connectivity index (χ1) is 35.6. The van der Waals surface area contributed by atoms with Gasteiger partial charge in [0, 0.05) is 55.7 Å². The molecule has 74 heavy (non-hydrogen) atoms. The van der Waals surface area contributed by atoms with Gasteiger partial charge in [-0.2, -0.15) is 0 Å². The van der Waals surface area contributed by atoms with E-state index in [1.165, 1.54) is 101 Å². The van der Waals surface area contributed by atoms with Gasteiger partial charge in [-0.3, -0.25) is 28.2 Å². The van der Waals surface area contributed by atoms with Crippen LogP contribution in [0.3, 0.4) is 0 Å². The quantitative estimate of drug-likeness (QED) is 0.0125. The maximum absolute atomic E-state index is 14.2. The number of aryl methyl sites for hydroxylation is 1. The van der Waals surface area contributed by atoms with Crippen molar-refractivity contribution < 1.29 is 33.4 Å². The van der Waals surface area contributed by atoms with Gasteiger partial charge in [0.1, 0.15) is 6.23 Å². The number of aliphatic hydroxyl groups excluding tert-OH is 2. The summed E-state index contributed by atoms with van der Waals surface area (Å²) in [5.74, 6) is 2.95. The van der Waals surface area contributed by atoms with Crippen LogP contribution in [0, 0.1) is 53.3 Å². The average Bonchev–Trinajstić information content (AvgIpc) is 3.96. The van der Waals surface area contributed by atoms with Crippen molar-refractivity contribution in [3.63, 3.8) is 0 Å². The van der Waals surface area contributed by atoms with E-state index in [-0.39, 0.29) is 55.1 Å². The second-order valence-electron chi connectivity index (χ2n) is 24.0. The molecule has 1 aromatic heterocycles. The second-order valence-corrected chi connectivity index (χ2v) is 25.8. The Hall–Kier alpha value is -2.59. The summed E-state index contributed by atoms with van der Waals surface area (Å²) >= 11 is 0. The predicted octanol–water partition coefficient (Wildman–Crippen LogP) is 10.9.